The molecule has 0 spiro atoms. The van der Waals surface area contributed by atoms with Gasteiger partial charge in [-0.05, 0) is 45.0 Å². The van der Waals surface area contributed by atoms with Crippen LogP contribution in [0.25, 0.3) is 10.6 Å². The van der Waals surface area contributed by atoms with Crippen molar-refractivity contribution in [3.63, 3.8) is 0 Å². The Hall–Kier alpha value is -2.41. The van der Waals surface area contributed by atoms with Crippen LogP contribution in [0.1, 0.15) is 29.2 Å². The molecule has 0 saturated carbocycles. The zero-order valence-electron chi connectivity index (χ0n) is 13.1. The Labute approximate surface area is 138 Å². The molecule has 1 aromatic carbocycles. The summed E-state index contributed by atoms with van der Waals surface area (Å²) in [7, 11) is 0. The molecule has 0 saturated heterocycles. The molecule has 0 fully saturated rings. The Kier molecular flexibility index (Phi) is 5.33. The van der Waals surface area contributed by atoms with E-state index in [1.807, 2.05) is 31.2 Å². The van der Waals surface area contributed by atoms with Crippen LogP contribution in [0.3, 0.4) is 0 Å². The first kappa shape index (κ1) is 17.0. The van der Waals surface area contributed by atoms with Crippen molar-refractivity contribution in [2.45, 2.75) is 26.8 Å². The van der Waals surface area contributed by atoms with Crippen LogP contribution in [-0.4, -0.2) is 34.6 Å². The summed E-state index contributed by atoms with van der Waals surface area (Å²) < 4.78 is 5.39. The van der Waals surface area contributed by atoms with Gasteiger partial charge in [0.2, 0.25) is 0 Å². The van der Waals surface area contributed by atoms with Gasteiger partial charge in [0.15, 0.2) is 0 Å². The van der Waals surface area contributed by atoms with Crippen LogP contribution >= 0.6 is 11.3 Å². The Morgan fingerprint density at radius 3 is 2.57 bits per heavy atom. The number of carboxylic acids is 1. The third-order valence-electron chi connectivity index (χ3n) is 3.13. The number of rotatable bonds is 6. The second-order valence-corrected chi connectivity index (χ2v) is 5.92. The zero-order valence-corrected chi connectivity index (χ0v) is 13.9. The van der Waals surface area contributed by atoms with E-state index < -0.39 is 17.9 Å². The van der Waals surface area contributed by atoms with Gasteiger partial charge in [-0.3, -0.25) is 9.59 Å². The SMILES string of the molecule is CCOc1ccc(-c2nc(C)c(C(=O)NC(C)C(=O)O)s2)cc1. The lowest BCUT2D eigenvalue weighted by molar-refractivity contribution is -0.138. The highest BCUT2D eigenvalue weighted by molar-refractivity contribution is 7.17. The molecule has 2 N–H and O–H groups in total. The highest BCUT2D eigenvalue weighted by atomic mass is 32.1. The van der Waals surface area contributed by atoms with E-state index in [0.29, 0.717) is 22.2 Å². The summed E-state index contributed by atoms with van der Waals surface area (Å²) in [6, 6.07) is 6.51. The number of carboxylic acid groups (broad SMARTS) is 1. The smallest absolute Gasteiger partial charge is 0.325 e. The molecule has 0 aliphatic heterocycles. The fourth-order valence-electron chi connectivity index (χ4n) is 1.91. The fourth-order valence-corrected chi connectivity index (χ4v) is 2.89. The molecular weight excluding hydrogens is 316 g/mol. The highest BCUT2D eigenvalue weighted by Crippen LogP contribution is 2.29. The van der Waals surface area contributed by atoms with Crippen molar-refractivity contribution in [3.05, 3.63) is 34.8 Å². The maximum atomic E-state index is 12.1. The highest BCUT2D eigenvalue weighted by Gasteiger charge is 2.20. The summed E-state index contributed by atoms with van der Waals surface area (Å²) in [4.78, 5) is 27.8. The van der Waals surface area contributed by atoms with Gasteiger partial charge in [0.05, 0.1) is 12.3 Å². The van der Waals surface area contributed by atoms with Gasteiger partial charge in [-0.2, -0.15) is 0 Å². The van der Waals surface area contributed by atoms with E-state index in [1.54, 1.807) is 6.92 Å². The van der Waals surface area contributed by atoms with Crippen LogP contribution in [0, 0.1) is 6.92 Å². The lowest BCUT2D eigenvalue weighted by Gasteiger charge is -2.07. The van der Waals surface area contributed by atoms with E-state index in [1.165, 1.54) is 18.3 Å². The number of thiazole rings is 1. The van der Waals surface area contributed by atoms with E-state index in [-0.39, 0.29) is 0 Å². The number of benzene rings is 1. The molecule has 2 aromatic rings. The second kappa shape index (κ2) is 7.23. The molecule has 0 radical (unpaired) electrons. The average molecular weight is 334 g/mol. The third-order valence-corrected chi connectivity index (χ3v) is 4.34. The minimum Gasteiger partial charge on any atom is -0.494 e. The normalized spacial score (nSPS) is 11.8. The summed E-state index contributed by atoms with van der Waals surface area (Å²) in [6.45, 7) is 5.67. The number of carbonyl (C=O) groups excluding carboxylic acids is 1. The van der Waals surface area contributed by atoms with Gasteiger partial charge in [0.1, 0.15) is 21.7 Å². The van der Waals surface area contributed by atoms with Gasteiger partial charge in [-0.15, -0.1) is 11.3 Å². The number of amides is 1. The van der Waals surface area contributed by atoms with Crippen LogP contribution in [0.2, 0.25) is 0 Å². The van der Waals surface area contributed by atoms with E-state index in [9.17, 15) is 9.59 Å². The minimum atomic E-state index is -1.08. The molecular formula is C16H18N2O4S. The molecule has 1 atom stereocenters. The van der Waals surface area contributed by atoms with E-state index >= 15 is 0 Å². The first-order valence-electron chi connectivity index (χ1n) is 7.16. The molecule has 7 heteroatoms. The third kappa shape index (κ3) is 4.07. The fraction of sp³-hybridized carbons (Fsp3) is 0.312. The topological polar surface area (TPSA) is 88.5 Å². The van der Waals surface area contributed by atoms with E-state index in [4.69, 9.17) is 9.84 Å². The number of aliphatic carboxylic acids is 1. The Bertz CT molecular complexity index is 709. The van der Waals surface area contributed by atoms with Crippen molar-refractivity contribution in [3.8, 4) is 16.3 Å². The molecule has 2 rings (SSSR count). The van der Waals surface area contributed by atoms with Crippen molar-refractivity contribution in [2.75, 3.05) is 6.61 Å². The number of hydrogen-bond acceptors (Lipinski definition) is 5. The van der Waals surface area contributed by atoms with Crippen LogP contribution in [0.5, 0.6) is 5.75 Å². The summed E-state index contributed by atoms with van der Waals surface area (Å²) in [5.41, 5.74) is 1.46. The van der Waals surface area contributed by atoms with Gasteiger partial charge in [0, 0.05) is 5.56 Å². The number of aromatic nitrogens is 1. The molecule has 6 nitrogen and oxygen atoms in total. The molecule has 0 bridgehead atoms. The number of ether oxygens (including phenoxy) is 1. The summed E-state index contributed by atoms with van der Waals surface area (Å²) in [5, 5.41) is 12.0. The predicted octanol–water partition coefficient (Wildman–Crippen LogP) is 2.72. The van der Waals surface area contributed by atoms with Crippen LogP contribution in [0.15, 0.2) is 24.3 Å². The maximum absolute atomic E-state index is 12.1. The monoisotopic (exact) mass is 334 g/mol. The summed E-state index contributed by atoms with van der Waals surface area (Å²) in [6.07, 6.45) is 0. The molecule has 1 aromatic heterocycles. The van der Waals surface area contributed by atoms with Gasteiger partial charge in [-0.25, -0.2) is 4.98 Å². The first-order valence-corrected chi connectivity index (χ1v) is 7.98. The Morgan fingerprint density at radius 1 is 1.35 bits per heavy atom. The van der Waals surface area contributed by atoms with Gasteiger partial charge in [0.25, 0.3) is 5.91 Å². The number of aryl methyl sites for hydroxylation is 1. The van der Waals surface area contributed by atoms with Crippen LogP contribution < -0.4 is 10.1 Å². The van der Waals surface area contributed by atoms with Crippen molar-refractivity contribution in [2.24, 2.45) is 0 Å². The molecule has 23 heavy (non-hydrogen) atoms. The lowest BCUT2D eigenvalue weighted by atomic mass is 10.2. The van der Waals surface area contributed by atoms with E-state index in [2.05, 4.69) is 10.3 Å². The lowest BCUT2D eigenvalue weighted by Crippen LogP contribution is -2.38. The number of nitrogens with zero attached hydrogens (tertiary/aromatic N) is 1. The molecule has 1 amide bonds. The van der Waals surface area contributed by atoms with Crippen molar-refractivity contribution in [1.29, 1.82) is 0 Å². The average Bonchev–Trinajstić information content (AvgIpc) is 2.90. The van der Waals surface area contributed by atoms with Crippen LogP contribution in [0.4, 0.5) is 0 Å². The van der Waals surface area contributed by atoms with Gasteiger partial charge < -0.3 is 15.2 Å². The summed E-state index contributed by atoms with van der Waals surface area (Å²) in [5.74, 6) is -0.725. The maximum Gasteiger partial charge on any atom is 0.325 e. The molecule has 0 aliphatic rings. The number of nitrogens with one attached hydrogen (secondary N) is 1. The second-order valence-electron chi connectivity index (χ2n) is 4.92. The Morgan fingerprint density at radius 2 is 2.00 bits per heavy atom. The number of hydrogen-bond donors (Lipinski definition) is 2. The first-order chi connectivity index (χ1) is 10.9. The van der Waals surface area contributed by atoms with Gasteiger partial charge >= 0.3 is 5.97 Å². The Balaban J connectivity index is 2.20. The minimum absolute atomic E-state index is 0.419. The zero-order chi connectivity index (χ0) is 17.0. The summed E-state index contributed by atoms with van der Waals surface area (Å²) >= 11 is 1.24. The molecule has 1 unspecified atom stereocenters. The predicted molar refractivity (Wildman–Crippen MR) is 88.0 cm³/mol. The van der Waals surface area contributed by atoms with E-state index in [0.717, 1.165) is 11.3 Å². The molecule has 122 valence electrons. The van der Waals surface area contributed by atoms with Crippen LogP contribution in [-0.2, 0) is 4.79 Å². The van der Waals surface area contributed by atoms with Crippen molar-refractivity contribution < 1.29 is 19.4 Å². The van der Waals surface area contributed by atoms with Gasteiger partial charge in [-0.1, -0.05) is 0 Å². The standard InChI is InChI=1S/C16H18N2O4S/c1-4-22-12-7-5-11(6-8-12)15-18-9(2)13(23-15)14(19)17-10(3)16(20)21/h5-8,10H,4H2,1-3H3,(H,17,19)(H,20,21). The largest absolute Gasteiger partial charge is 0.494 e. The van der Waals surface area contributed by atoms with Crippen molar-refractivity contribution in [1.82, 2.24) is 10.3 Å². The molecule has 0 aliphatic carbocycles. The quantitative estimate of drug-likeness (QED) is 0.848. The molecule has 1 heterocycles. The van der Waals surface area contributed by atoms with Crippen molar-refractivity contribution >= 4 is 23.2 Å². The number of carbonyl (C=O) groups is 2.